The molecule has 0 bridgehead atoms. The highest BCUT2D eigenvalue weighted by Crippen LogP contribution is 2.06. The van der Waals surface area contributed by atoms with Gasteiger partial charge in [0.05, 0.1) is 5.83 Å². The van der Waals surface area contributed by atoms with Crippen LogP contribution in [0, 0.1) is 0 Å². The lowest BCUT2D eigenvalue weighted by Crippen LogP contribution is -1.71. The lowest BCUT2D eigenvalue weighted by molar-refractivity contribution is 0.603. The minimum Gasteiger partial charge on any atom is -0.212 e. The van der Waals surface area contributed by atoms with Crippen LogP contribution in [0.3, 0.4) is 0 Å². The quantitative estimate of drug-likeness (QED) is 0.527. The lowest BCUT2D eigenvalue weighted by atomic mass is 10.2. The summed E-state index contributed by atoms with van der Waals surface area (Å²) in [5.74, 6) is -0.0874. The third-order valence-corrected chi connectivity index (χ3v) is 1.10. The maximum atomic E-state index is 12.5. The summed E-state index contributed by atoms with van der Waals surface area (Å²) in [5, 5.41) is 0. The average Bonchev–Trinajstić information content (AvgIpc) is 1.88. The van der Waals surface area contributed by atoms with Crippen LogP contribution in [0.25, 0.3) is 0 Å². The van der Waals surface area contributed by atoms with Gasteiger partial charge < -0.3 is 0 Å². The van der Waals surface area contributed by atoms with Gasteiger partial charge in [0, 0.05) is 0 Å². The zero-order valence-corrected chi connectivity index (χ0v) is 6.52. The maximum Gasteiger partial charge on any atom is 0.0999 e. The van der Waals surface area contributed by atoms with Crippen LogP contribution in [-0.4, -0.2) is 0 Å². The molecule has 0 unspecified atom stereocenters. The van der Waals surface area contributed by atoms with Crippen molar-refractivity contribution in [2.75, 3.05) is 0 Å². The van der Waals surface area contributed by atoms with E-state index in [9.17, 15) is 4.39 Å². The summed E-state index contributed by atoms with van der Waals surface area (Å²) < 4.78 is 12.5. The van der Waals surface area contributed by atoms with Crippen molar-refractivity contribution >= 4 is 0 Å². The van der Waals surface area contributed by atoms with Crippen molar-refractivity contribution in [1.82, 2.24) is 0 Å². The zero-order valence-electron chi connectivity index (χ0n) is 6.52. The largest absolute Gasteiger partial charge is 0.212 e. The van der Waals surface area contributed by atoms with Crippen molar-refractivity contribution in [3.63, 3.8) is 0 Å². The van der Waals surface area contributed by atoms with E-state index in [0.717, 1.165) is 5.57 Å². The van der Waals surface area contributed by atoms with Crippen LogP contribution in [0.4, 0.5) is 4.39 Å². The molecule has 0 saturated heterocycles. The van der Waals surface area contributed by atoms with Crippen LogP contribution < -0.4 is 0 Å². The molecule has 0 aliphatic carbocycles. The van der Waals surface area contributed by atoms with E-state index in [-0.39, 0.29) is 5.83 Å². The Kier molecular flexibility index (Phi) is 4.55. The second kappa shape index (κ2) is 4.98. The highest BCUT2D eigenvalue weighted by molar-refractivity contribution is 5.22. The van der Waals surface area contributed by atoms with Gasteiger partial charge in [0.15, 0.2) is 0 Å². The van der Waals surface area contributed by atoms with Crippen molar-refractivity contribution in [3.05, 3.63) is 36.2 Å². The molecule has 0 aromatic rings. The average molecular weight is 140 g/mol. The molecule has 0 aliphatic rings. The smallest absolute Gasteiger partial charge is 0.0999 e. The number of hydrogen-bond donors (Lipinski definition) is 0. The first kappa shape index (κ1) is 9.15. The van der Waals surface area contributed by atoms with Crippen molar-refractivity contribution in [1.29, 1.82) is 0 Å². The van der Waals surface area contributed by atoms with Gasteiger partial charge in [-0.2, -0.15) is 0 Å². The standard InChI is InChI=1S/C9H13F/c1-4-6-8(3)7-9(10)5-2/h4,6-7H,1,5H2,2-3H3/b8-6-,9-7+. The molecule has 1 heteroatoms. The van der Waals surface area contributed by atoms with E-state index in [1.807, 2.05) is 6.92 Å². The third kappa shape index (κ3) is 4.07. The Morgan fingerprint density at radius 1 is 1.60 bits per heavy atom. The molecule has 0 aromatic heterocycles. The normalized spacial score (nSPS) is 13.5. The molecular weight excluding hydrogens is 127 g/mol. The highest BCUT2D eigenvalue weighted by atomic mass is 19.1. The lowest BCUT2D eigenvalue weighted by Gasteiger charge is -1.90. The summed E-state index contributed by atoms with van der Waals surface area (Å²) in [5.41, 5.74) is 0.898. The summed E-state index contributed by atoms with van der Waals surface area (Å²) in [6.07, 6.45) is 5.40. The summed E-state index contributed by atoms with van der Waals surface area (Å²) in [4.78, 5) is 0. The molecule has 56 valence electrons. The molecule has 0 atom stereocenters. The second-order valence-electron chi connectivity index (χ2n) is 2.09. The van der Waals surface area contributed by atoms with Crippen LogP contribution in [0.2, 0.25) is 0 Å². The molecule has 0 radical (unpaired) electrons. The number of halogens is 1. The van der Waals surface area contributed by atoms with Crippen LogP contribution in [-0.2, 0) is 0 Å². The fourth-order valence-electron chi connectivity index (χ4n) is 0.583. The highest BCUT2D eigenvalue weighted by Gasteiger charge is 1.87. The fourth-order valence-corrected chi connectivity index (χ4v) is 0.583. The molecule has 0 nitrogen and oxygen atoms in total. The molecule has 0 saturated carbocycles. The minimum absolute atomic E-state index is 0.0874. The van der Waals surface area contributed by atoms with E-state index < -0.39 is 0 Å². The van der Waals surface area contributed by atoms with Crippen molar-refractivity contribution in [2.45, 2.75) is 20.3 Å². The molecule has 10 heavy (non-hydrogen) atoms. The number of rotatable bonds is 3. The van der Waals surface area contributed by atoms with Crippen molar-refractivity contribution in [2.24, 2.45) is 0 Å². The van der Waals surface area contributed by atoms with E-state index in [0.29, 0.717) is 6.42 Å². The molecule has 0 spiro atoms. The van der Waals surface area contributed by atoms with Crippen molar-refractivity contribution in [3.8, 4) is 0 Å². The maximum absolute atomic E-state index is 12.5. The summed E-state index contributed by atoms with van der Waals surface area (Å²) in [6.45, 7) is 7.13. The molecule has 0 aliphatic heterocycles. The summed E-state index contributed by atoms with van der Waals surface area (Å²) in [7, 11) is 0. The van der Waals surface area contributed by atoms with E-state index in [1.54, 1.807) is 19.1 Å². The molecule has 0 fully saturated rings. The predicted octanol–water partition coefficient (Wildman–Crippen LogP) is 3.38. The Morgan fingerprint density at radius 3 is 2.60 bits per heavy atom. The number of allylic oxidation sites excluding steroid dienone is 5. The van der Waals surface area contributed by atoms with Gasteiger partial charge in [0.2, 0.25) is 0 Å². The predicted molar refractivity (Wildman–Crippen MR) is 43.4 cm³/mol. The Labute approximate surface area is 61.8 Å². The molecule has 0 aromatic carbocycles. The van der Waals surface area contributed by atoms with Crippen LogP contribution >= 0.6 is 0 Å². The van der Waals surface area contributed by atoms with Gasteiger partial charge in [0.25, 0.3) is 0 Å². The van der Waals surface area contributed by atoms with Gasteiger partial charge in [-0.1, -0.05) is 25.7 Å². The SMILES string of the molecule is C=C/C=C(C)\C=C(\F)CC. The monoisotopic (exact) mass is 140 g/mol. The Balaban J connectivity index is 4.11. The molecular formula is C9H13F. The Morgan fingerprint density at radius 2 is 2.20 bits per heavy atom. The topological polar surface area (TPSA) is 0 Å². The van der Waals surface area contributed by atoms with Gasteiger partial charge in [-0.05, 0) is 25.0 Å². The molecule has 0 amide bonds. The second-order valence-corrected chi connectivity index (χ2v) is 2.09. The zero-order chi connectivity index (χ0) is 7.98. The van der Waals surface area contributed by atoms with Crippen molar-refractivity contribution < 1.29 is 4.39 Å². The van der Waals surface area contributed by atoms with Crippen LogP contribution in [0.5, 0.6) is 0 Å². The van der Waals surface area contributed by atoms with E-state index in [4.69, 9.17) is 0 Å². The Bertz CT molecular complexity index is 164. The van der Waals surface area contributed by atoms with E-state index in [2.05, 4.69) is 6.58 Å². The van der Waals surface area contributed by atoms with Gasteiger partial charge in [-0.15, -0.1) is 0 Å². The third-order valence-electron chi connectivity index (χ3n) is 1.10. The van der Waals surface area contributed by atoms with E-state index >= 15 is 0 Å². The van der Waals surface area contributed by atoms with Gasteiger partial charge in [-0.25, -0.2) is 4.39 Å². The first-order chi connectivity index (χ1) is 4.70. The first-order valence-corrected chi connectivity index (χ1v) is 3.36. The number of hydrogen-bond acceptors (Lipinski definition) is 0. The fraction of sp³-hybridized carbons (Fsp3) is 0.333. The van der Waals surface area contributed by atoms with Gasteiger partial charge >= 0.3 is 0 Å². The van der Waals surface area contributed by atoms with Crippen LogP contribution in [0.1, 0.15) is 20.3 Å². The first-order valence-electron chi connectivity index (χ1n) is 3.36. The Hall–Kier alpha value is -0.850. The van der Waals surface area contributed by atoms with Gasteiger partial charge in [0.1, 0.15) is 0 Å². The molecule has 0 N–H and O–H groups in total. The molecule has 0 heterocycles. The summed E-state index contributed by atoms with van der Waals surface area (Å²) >= 11 is 0. The minimum atomic E-state index is -0.0874. The van der Waals surface area contributed by atoms with E-state index in [1.165, 1.54) is 6.08 Å². The van der Waals surface area contributed by atoms with Crippen LogP contribution in [0.15, 0.2) is 36.2 Å². The molecule has 0 rings (SSSR count). The summed E-state index contributed by atoms with van der Waals surface area (Å²) in [6, 6.07) is 0. The van der Waals surface area contributed by atoms with Gasteiger partial charge in [-0.3, -0.25) is 0 Å².